The second kappa shape index (κ2) is 8.01. The lowest BCUT2D eigenvalue weighted by Crippen LogP contribution is -2.51. The van der Waals surface area contributed by atoms with Crippen LogP contribution in [0.15, 0.2) is 24.3 Å². The number of rotatable bonds is 5. The number of hydrogen-bond donors (Lipinski definition) is 0. The number of ether oxygens (including phenoxy) is 1. The van der Waals surface area contributed by atoms with Crippen LogP contribution in [0.4, 0.5) is 0 Å². The molecule has 0 radical (unpaired) electrons. The van der Waals surface area contributed by atoms with Gasteiger partial charge in [0.25, 0.3) is 0 Å². The fourth-order valence-corrected chi connectivity index (χ4v) is 4.49. The Bertz CT molecular complexity index is 677. The van der Waals surface area contributed by atoms with Gasteiger partial charge in [0.05, 0.1) is 13.2 Å². The quantitative estimate of drug-likeness (QED) is 0.801. The van der Waals surface area contributed by atoms with Crippen molar-refractivity contribution >= 4 is 11.8 Å². The molecular formula is C22H30N2O3. The van der Waals surface area contributed by atoms with E-state index < -0.39 is 0 Å². The molecule has 1 aliphatic carbocycles. The zero-order chi connectivity index (χ0) is 18.8. The molecule has 5 heteroatoms. The molecule has 3 fully saturated rings. The summed E-state index contributed by atoms with van der Waals surface area (Å²) in [5, 5.41) is 0. The summed E-state index contributed by atoms with van der Waals surface area (Å²) in [6.07, 6.45) is 4.66. The van der Waals surface area contributed by atoms with Gasteiger partial charge in [0, 0.05) is 26.1 Å². The van der Waals surface area contributed by atoms with Crippen LogP contribution >= 0.6 is 0 Å². The number of hydrogen-bond acceptors (Lipinski definition) is 3. The predicted molar refractivity (Wildman–Crippen MR) is 103 cm³/mol. The molecule has 4 rings (SSSR count). The highest BCUT2D eigenvalue weighted by atomic mass is 16.5. The molecule has 1 aromatic rings. The van der Waals surface area contributed by atoms with E-state index in [0.29, 0.717) is 45.2 Å². The zero-order valence-corrected chi connectivity index (χ0v) is 16.2. The van der Waals surface area contributed by atoms with Crippen LogP contribution in [-0.4, -0.2) is 60.5 Å². The third-order valence-corrected chi connectivity index (χ3v) is 6.27. The summed E-state index contributed by atoms with van der Waals surface area (Å²) in [4.78, 5) is 29.8. The van der Waals surface area contributed by atoms with E-state index in [4.69, 9.17) is 4.74 Å². The van der Waals surface area contributed by atoms with Crippen LogP contribution in [0.25, 0.3) is 0 Å². The third kappa shape index (κ3) is 4.18. The van der Waals surface area contributed by atoms with Crippen LogP contribution in [0.3, 0.4) is 0 Å². The van der Waals surface area contributed by atoms with Crippen LogP contribution < -0.4 is 0 Å². The normalized spacial score (nSPS) is 24.1. The Morgan fingerprint density at radius 3 is 2.44 bits per heavy atom. The number of amides is 2. The molecule has 3 aliphatic rings. The average Bonchev–Trinajstić information content (AvgIpc) is 3.42. The van der Waals surface area contributed by atoms with E-state index in [1.165, 1.54) is 24.0 Å². The van der Waals surface area contributed by atoms with Gasteiger partial charge in [0.15, 0.2) is 0 Å². The monoisotopic (exact) mass is 370 g/mol. The number of carbonyl (C=O) groups excluding carboxylic acids is 2. The van der Waals surface area contributed by atoms with E-state index in [0.717, 1.165) is 12.8 Å². The molecule has 1 saturated carbocycles. The Kier molecular flexibility index (Phi) is 5.48. The van der Waals surface area contributed by atoms with Crippen LogP contribution in [0.1, 0.15) is 49.1 Å². The van der Waals surface area contributed by atoms with Gasteiger partial charge in [-0.1, -0.05) is 29.8 Å². The van der Waals surface area contributed by atoms with Crippen molar-refractivity contribution < 1.29 is 14.3 Å². The van der Waals surface area contributed by atoms with Gasteiger partial charge >= 0.3 is 0 Å². The first kappa shape index (κ1) is 18.5. The van der Waals surface area contributed by atoms with E-state index in [-0.39, 0.29) is 23.8 Å². The predicted octanol–water partition coefficient (Wildman–Crippen LogP) is 2.73. The number of morpholine rings is 1. The second-order valence-electron chi connectivity index (χ2n) is 8.24. The van der Waals surface area contributed by atoms with Crippen LogP contribution in [0.5, 0.6) is 0 Å². The molecule has 27 heavy (non-hydrogen) atoms. The number of likely N-dealkylation sites (tertiary alicyclic amines) is 1. The largest absolute Gasteiger partial charge is 0.378 e. The van der Waals surface area contributed by atoms with Crippen molar-refractivity contribution in [1.82, 2.24) is 9.80 Å². The minimum Gasteiger partial charge on any atom is -0.378 e. The van der Waals surface area contributed by atoms with Crippen molar-refractivity contribution in [2.45, 2.75) is 51.0 Å². The maximum Gasteiger partial charge on any atom is 0.245 e. The Labute approximate surface area is 161 Å². The topological polar surface area (TPSA) is 49.9 Å². The minimum atomic E-state index is -0.270. The first-order valence-electron chi connectivity index (χ1n) is 10.4. The number of carbonyl (C=O) groups is 2. The molecule has 2 aliphatic heterocycles. The number of nitrogens with zero attached hydrogens (tertiary/aromatic N) is 2. The van der Waals surface area contributed by atoms with Gasteiger partial charge in [-0.15, -0.1) is 0 Å². The van der Waals surface area contributed by atoms with Crippen molar-refractivity contribution in [3.8, 4) is 0 Å². The average molecular weight is 370 g/mol. The van der Waals surface area contributed by atoms with Gasteiger partial charge < -0.3 is 14.5 Å². The van der Waals surface area contributed by atoms with Gasteiger partial charge in [-0.3, -0.25) is 9.59 Å². The molecule has 2 atom stereocenters. The highest BCUT2D eigenvalue weighted by Crippen LogP contribution is 2.45. The lowest BCUT2D eigenvalue weighted by Gasteiger charge is -2.33. The van der Waals surface area contributed by atoms with Crippen LogP contribution in [0, 0.1) is 12.8 Å². The molecule has 146 valence electrons. The van der Waals surface area contributed by atoms with Gasteiger partial charge in [0.1, 0.15) is 6.04 Å². The first-order chi connectivity index (χ1) is 13.1. The second-order valence-corrected chi connectivity index (χ2v) is 8.24. The summed E-state index contributed by atoms with van der Waals surface area (Å²) in [5.74, 6) is 1.17. The molecule has 5 nitrogen and oxygen atoms in total. The maximum absolute atomic E-state index is 13.2. The molecule has 0 bridgehead atoms. The van der Waals surface area contributed by atoms with E-state index in [1.54, 1.807) is 0 Å². The summed E-state index contributed by atoms with van der Waals surface area (Å²) >= 11 is 0. The Morgan fingerprint density at radius 1 is 1.07 bits per heavy atom. The Balaban J connectivity index is 1.44. The van der Waals surface area contributed by atoms with Crippen molar-refractivity contribution in [1.29, 1.82) is 0 Å². The minimum absolute atomic E-state index is 0.113. The summed E-state index contributed by atoms with van der Waals surface area (Å²) < 4.78 is 5.36. The summed E-state index contributed by atoms with van der Waals surface area (Å²) in [6.45, 7) is 5.29. The van der Waals surface area contributed by atoms with Crippen molar-refractivity contribution in [2.24, 2.45) is 5.92 Å². The smallest absolute Gasteiger partial charge is 0.245 e. The molecule has 2 amide bonds. The van der Waals surface area contributed by atoms with Crippen LogP contribution in [0.2, 0.25) is 0 Å². The Hall–Kier alpha value is -1.88. The molecule has 0 N–H and O–H groups in total. The molecule has 0 spiro atoms. The highest BCUT2D eigenvalue weighted by Gasteiger charge is 2.40. The molecular weight excluding hydrogens is 340 g/mol. The van der Waals surface area contributed by atoms with E-state index in [9.17, 15) is 9.59 Å². The van der Waals surface area contributed by atoms with E-state index in [1.807, 2.05) is 9.80 Å². The summed E-state index contributed by atoms with van der Waals surface area (Å²) in [7, 11) is 0. The zero-order valence-electron chi connectivity index (χ0n) is 16.2. The number of aryl methyl sites for hydroxylation is 1. The van der Waals surface area contributed by atoms with Crippen LogP contribution in [-0.2, 0) is 14.3 Å². The lowest BCUT2D eigenvalue weighted by molar-refractivity contribution is -0.146. The molecule has 0 aromatic heterocycles. The van der Waals surface area contributed by atoms with Gasteiger partial charge in [-0.25, -0.2) is 0 Å². The fraction of sp³-hybridized carbons (Fsp3) is 0.636. The summed E-state index contributed by atoms with van der Waals surface area (Å²) in [6, 6.07) is 8.34. The Morgan fingerprint density at radius 2 is 1.78 bits per heavy atom. The van der Waals surface area contributed by atoms with Crippen molar-refractivity contribution in [3.63, 3.8) is 0 Å². The van der Waals surface area contributed by atoms with E-state index >= 15 is 0 Å². The fourth-order valence-electron chi connectivity index (χ4n) is 4.49. The van der Waals surface area contributed by atoms with Crippen molar-refractivity contribution in [2.75, 3.05) is 32.8 Å². The highest BCUT2D eigenvalue weighted by molar-refractivity contribution is 5.88. The molecule has 1 unspecified atom stereocenters. The van der Waals surface area contributed by atoms with Gasteiger partial charge in [0.2, 0.25) is 11.8 Å². The standard InChI is InChI=1S/C22H30N2O3/c1-16-4-6-17(7-5-16)19(18-8-9-18)15-21(25)24-10-2-3-20(24)22(26)23-11-13-27-14-12-23/h4-7,18-20H,2-3,8-15H2,1H3/t19?,20-/m0/s1. The first-order valence-corrected chi connectivity index (χ1v) is 10.4. The molecule has 2 saturated heterocycles. The lowest BCUT2D eigenvalue weighted by atomic mass is 9.90. The maximum atomic E-state index is 13.2. The molecule has 2 heterocycles. The SMILES string of the molecule is Cc1ccc(C(CC(=O)N2CCC[C@H]2C(=O)N2CCOCC2)C2CC2)cc1. The third-order valence-electron chi connectivity index (χ3n) is 6.27. The van der Waals surface area contributed by atoms with Crippen molar-refractivity contribution in [3.05, 3.63) is 35.4 Å². The van der Waals surface area contributed by atoms with Gasteiger partial charge in [-0.05, 0) is 50.0 Å². The van der Waals surface area contributed by atoms with Gasteiger partial charge in [-0.2, -0.15) is 0 Å². The van der Waals surface area contributed by atoms with E-state index in [2.05, 4.69) is 31.2 Å². The summed E-state index contributed by atoms with van der Waals surface area (Å²) in [5.41, 5.74) is 2.52. The molecule has 1 aromatic carbocycles. The number of benzene rings is 1.